The van der Waals surface area contributed by atoms with Crippen LogP contribution in [0.2, 0.25) is 0 Å². The monoisotopic (exact) mass is 330 g/mol. The van der Waals surface area contributed by atoms with Gasteiger partial charge in [0.05, 0.1) is 20.3 Å². The second kappa shape index (κ2) is 8.58. The van der Waals surface area contributed by atoms with Gasteiger partial charge in [-0.3, -0.25) is 9.05 Å². The first-order chi connectivity index (χ1) is 10.4. The van der Waals surface area contributed by atoms with Gasteiger partial charge in [-0.1, -0.05) is 6.07 Å². The predicted molar refractivity (Wildman–Crippen MR) is 81.2 cm³/mol. The molecule has 0 heterocycles. The van der Waals surface area contributed by atoms with E-state index in [2.05, 4.69) is 0 Å². The van der Waals surface area contributed by atoms with Crippen molar-refractivity contribution in [1.82, 2.24) is 0 Å². The van der Waals surface area contributed by atoms with Crippen LogP contribution in [-0.4, -0.2) is 31.4 Å². The molecule has 0 unspecified atom stereocenters. The van der Waals surface area contributed by atoms with Gasteiger partial charge in [-0.2, -0.15) is 0 Å². The predicted octanol–water partition coefficient (Wildman–Crippen LogP) is 3.35. The summed E-state index contributed by atoms with van der Waals surface area (Å²) in [5.41, 5.74) is 0.592. The molecular weight excluding hydrogens is 311 g/mol. The molecule has 0 bridgehead atoms. The van der Waals surface area contributed by atoms with Gasteiger partial charge in [0.2, 0.25) is 0 Å². The standard InChI is InChI=1S/C14H19O7P/c1-4-19-22(17,20-5-2)21-12-8-6-11(7-9-14(15)16)10-13(12)18-3/h6-10H,4-5H2,1-3H3,(H,15,16)/b9-7+. The lowest BCUT2D eigenvalue weighted by atomic mass is 10.2. The molecule has 0 amide bonds. The summed E-state index contributed by atoms with van der Waals surface area (Å²) in [4.78, 5) is 10.5. The van der Waals surface area contributed by atoms with Crippen LogP contribution in [0.15, 0.2) is 24.3 Å². The highest BCUT2D eigenvalue weighted by Gasteiger charge is 2.28. The summed E-state index contributed by atoms with van der Waals surface area (Å²) < 4.78 is 32.9. The van der Waals surface area contributed by atoms with Crippen LogP contribution in [0.25, 0.3) is 6.08 Å². The molecule has 1 aromatic rings. The van der Waals surface area contributed by atoms with Gasteiger partial charge in [-0.05, 0) is 37.6 Å². The number of carboxylic acid groups (broad SMARTS) is 1. The van der Waals surface area contributed by atoms with E-state index in [0.29, 0.717) is 5.56 Å². The molecule has 0 radical (unpaired) electrons. The molecule has 122 valence electrons. The average molecular weight is 330 g/mol. The Balaban J connectivity index is 3.04. The molecule has 0 aromatic heterocycles. The molecule has 22 heavy (non-hydrogen) atoms. The summed E-state index contributed by atoms with van der Waals surface area (Å²) in [5.74, 6) is -0.594. The van der Waals surface area contributed by atoms with E-state index in [9.17, 15) is 9.36 Å². The molecule has 0 aliphatic heterocycles. The lowest BCUT2D eigenvalue weighted by Crippen LogP contribution is -2.03. The molecule has 0 saturated heterocycles. The average Bonchev–Trinajstić information content (AvgIpc) is 2.46. The summed E-state index contributed by atoms with van der Waals surface area (Å²) in [7, 11) is -2.30. The Kier molecular flexibility index (Phi) is 7.11. The van der Waals surface area contributed by atoms with Crippen molar-refractivity contribution < 1.29 is 32.8 Å². The third kappa shape index (κ3) is 5.52. The maximum atomic E-state index is 12.3. The zero-order chi connectivity index (χ0) is 16.6. The number of hydrogen-bond donors (Lipinski definition) is 1. The highest BCUT2D eigenvalue weighted by atomic mass is 31.2. The lowest BCUT2D eigenvalue weighted by molar-refractivity contribution is -0.131. The number of aliphatic carboxylic acids is 1. The van der Waals surface area contributed by atoms with Crippen LogP contribution in [0.1, 0.15) is 19.4 Å². The molecule has 0 saturated carbocycles. The molecule has 1 aromatic carbocycles. The Bertz CT molecular complexity index is 573. The van der Waals surface area contributed by atoms with Crippen molar-refractivity contribution in [3.05, 3.63) is 29.8 Å². The minimum atomic E-state index is -3.72. The van der Waals surface area contributed by atoms with E-state index in [-0.39, 0.29) is 24.7 Å². The van der Waals surface area contributed by atoms with E-state index in [1.54, 1.807) is 26.0 Å². The number of carboxylic acids is 1. The van der Waals surface area contributed by atoms with Crippen molar-refractivity contribution in [3.63, 3.8) is 0 Å². The van der Waals surface area contributed by atoms with Crippen molar-refractivity contribution >= 4 is 19.9 Å². The molecule has 8 heteroatoms. The minimum absolute atomic E-state index is 0.166. The molecule has 0 aliphatic carbocycles. The number of phosphoric acid groups is 1. The maximum Gasteiger partial charge on any atom is 0.530 e. The van der Waals surface area contributed by atoms with E-state index in [0.717, 1.165) is 6.08 Å². The topological polar surface area (TPSA) is 91.3 Å². The second-order valence-electron chi connectivity index (χ2n) is 3.96. The van der Waals surface area contributed by atoms with Crippen molar-refractivity contribution in [3.8, 4) is 11.5 Å². The molecule has 7 nitrogen and oxygen atoms in total. The van der Waals surface area contributed by atoms with E-state index in [1.807, 2.05) is 0 Å². The zero-order valence-electron chi connectivity index (χ0n) is 12.6. The van der Waals surface area contributed by atoms with Crippen molar-refractivity contribution in [2.75, 3.05) is 20.3 Å². The van der Waals surface area contributed by atoms with Crippen molar-refractivity contribution in [1.29, 1.82) is 0 Å². The highest BCUT2D eigenvalue weighted by molar-refractivity contribution is 7.48. The van der Waals surface area contributed by atoms with E-state index in [1.165, 1.54) is 19.3 Å². The quantitative estimate of drug-likeness (QED) is 0.548. The number of rotatable bonds is 9. The van der Waals surface area contributed by atoms with Crippen LogP contribution in [0.5, 0.6) is 11.5 Å². The Morgan fingerprint density at radius 1 is 1.23 bits per heavy atom. The molecule has 0 spiro atoms. The van der Waals surface area contributed by atoms with Crippen LogP contribution in [0, 0.1) is 0 Å². The van der Waals surface area contributed by atoms with Gasteiger partial charge in [0.25, 0.3) is 0 Å². The lowest BCUT2D eigenvalue weighted by Gasteiger charge is -2.18. The summed E-state index contributed by atoms with van der Waals surface area (Å²) >= 11 is 0. The van der Waals surface area contributed by atoms with Crippen LogP contribution >= 0.6 is 7.82 Å². The highest BCUT2D eigenvalue weighted by Crippen LogP contribution is 2.51. The van der Waals surface area contributed by atoms with Crippen LogP contribution in [-0.2, 0) is 18.4 Å². The summed E-state index contributed by atoms with van der Waals surface area (Å²) in [5, 5.41) is 8.61. The molecular formula is C14H19O7P. The Hall–Kier alpha value is -1.82. The first-order valence-electron chi connectivity index (χ1n) is 6.61. The van der Waals surface area contributed by atoms with Gasteiger partial charge >= 0.3 is 13.8 Å². The Morgan fingerprint density at radius 3 is 2.36 bits per heavy atom. The fourth-order valence-corrected chi connectivity index (χ4v) is 2.76. The fourth-order valence-electron chi connectivity index (χ4n) is 1.56. The van der Waals surface area contributed by atoms with Crippen LogP contribution in [0.3, 0.4) is 0 Å². The summed E-state index contributed by atoms with van der Waals surface area (Å²) in [6.45, 7) is 3.68. The molecule has 0 fully saturated rings. The van der Waals surface area contributed by atoms with Crippen molar-refractivity contribution in [2.24, 2.45) is 0 Å². The van der Waals surface area contributed by atoms with Crippen LogP contribution in [0.4, 0.5) is 0 Å². The SMILES string of the molecule is CCOP(=O)(OCC)Oc1ccc(/C=C/C(=O)O)cc1OC. The van der Waals surface area contributed by atoms with Gasteiger partial charge < -0.3 is 14.4 Å². The first kappa shape index (κ1) is 18.2. The van der Waals surface area contributed by atoms with E-state index >= 15 is 0 Å². The second-order valence-corrected chi connectivity index (χ2v) is 5.55. The summed E-state index contributed by atoms with van der Waals surface area (Å²) in [6.07, 6.45) is 2.40. The number of phosphoric ester groups is 1. The van der Waals surface area contributed by atoms with Gasteiger partial charge in [-0.25, -0.2) is 9.36 Å². The van der Waals surface area contributed by atoms with E-state index in [4.69, 9.17) is 23.4 Å². The van der Waals surface area contributed by atoms with Crippen molar-refractivity contribution in [2.45, 2.75) is 13.8 Å². The smallest absolute Gasteiger partial charge is 0.493 e. The van der Waals surface area contributed by atoms with Gasteiger partial charge in [0, 0.05) is 6.08 Å². The molecule has 1 rings (SSSR count). The number of hydrogen-bond acceptors (Lipinski definition) is 6. The number of carbonyl (C=O) groups is 1. The first-order valence-corrected chi connectivity index (χ1v) is 8.08. The Morgan fingerprint density at radius 2 is 1.86 bits per heavy atom. The largest absolute Gasteiger partial charge is 0.530 e. The number of benzene rings is 1. The summed E-state index contributed by atoms with van der Waals surface area (Å²) in [6, 6.07) is 4.65. The Labute approximate surface area is 129 Å². The number of ether oxygens (including phenoxy) is 1. The van der Waals surface area contributed by atoms with Gasteiger partial charge in [0.15, 0.2) is 11.5 Å². The van der Waals surface area contributed by atoms with Gasteiger partial charge in [0.1, 0.15) is 0 Å². The fraction of sp³-hybridized carbons (Fsp3) is 0.357. The van der Waals surface area contributed by atoms with Gasteiger partial charge in [-0.15, -0.1) is 0 Å². The minimum Gasteiger partial charge on any atom is -0.493 e. The molecule has 1 N–H and O–H groups in total. The third-order valence-corrected chi connectivity index (χ3v) is 3.96. The third-order valence-electron chi connectivity index (χ3n) is 2.39. The normalized spacial score (nSPS) is 11.6. The van der Waals surface area contributed by atoms with Crippen LogP contribution < -0.4 is 9.26 Å². The maximum absolute atomic E-state index is 12.3. The molecule has 0 atom stereocenters. The number of methoxy groups -OCH3 is 1. The zero-order valence-corrected chi connectivity index (χ0v) is 13.5. The van der Waals surface area contributed by atoms with E-state index < -0.39 is 13.8 Å². The molecule has 0 aliphatic rings.